The van der Waals surface area contributed by atoms with Gasteiger partial charge in [0.25, 0.3) is 0 Å². The average Bonchev–Trinajstić information content (AvgIpc) is 2.33. The highest BCUT2D eigenvalue weighted by molar-refractivity contribution is 9.10. The van der Waals surface area contributed by atoms with Gasteiger partial charge in [-0.3, -0.25) is 0 Å². The lowest BCUT2D eigenvalue weighted by molar-refractivity contribution is 0.961. The maximum absolute atomic E-state index is 5.79. The van der Waals surface area contributed by atoms with Crippen molar-refractivity contribution in [3.05, 3.63) is 34.0 Å². The van der Waals surface area contributed by atoms with Crippen LogP contribution in [0.2, 0.25) is 5.02 Å². The summed E-state index contributed by atoms with van der Waals surface area (Å²) in [5.41, 5.74) is 0.984. The summed E-state index contributed by atoms with van der Waals surface area (Å²) in [6, 6.07) is 3.66. The molecular formula is C7H4BrClN2. The van der Waals surface area contributed by atoms with Crippen LogP contribution in [0.25, 0.3) is 5.52 Å². The quantitative estimate of drug-likeness (QED) is 0.681. The second-order valence-electron chi connectivity index (χ2n) is 2.17. The molecule has 2 aromatic rings. The van der Waals surface area contributed by atoms with E-state index in [2.05, 4.69) is 21.0 Å². The van der Waals surface area contributed by atoms with E-state index in [9.17, 15) is 0 Å². The Bertz CT molecular complexity index is 396. The van der Waals surface area contributed by atoms with Crippen molar-refractivity contribution in [3.8, 4) is 0 Å². The number of aromatic nitrogens is 2. The molecule has 0 fully saturated rings. The van der Waals surface area contributed by atoms with Crippen LogP contribution in [0, 0.1) is 0 Å². The number of hydrogen-bond donors (Lipinski definition) is 0. The van der Waals surface area contributed by atoms with E-state index in [0.29, 0.717) is 0 Å². The fraction of sp³-hybridized carbons (Fsp3) is 0. The van der Waals surface area contributed by atoms with Crippen LogP contribution in [-0.2, 0) is 0 Å². The Labute approximate surface area is 76.9 Å². The Morgan fingerprint density at radius 3 is 3.18 bits per heavy atom. The summed E-state index contributed by atoms with van der Waals surface area (Å²) in [4.78, 5) is 0. The molecule has 2 heterocycles. The molecule has 0 saturated heterocycles. The minimum Gasteiger partial charge on any atom is -0.240 e. The SMILES string of the molecule is Clc1ccn2ncc(Br)c2c1. The number of fused-ring (bicyclic) bond motifs is 1. The van der Waals surface area contributed by atoms with Crippen LogP contribution in [-0.4, -0.2) is 9.61 Å². The van der Waals surface area contributed by atoms with E-state index < -0.39 is 0 Å². The third-order valence-corrected chi connectivity index (χ3v) is 2.28. The molecule has 2 rings (SSSR count). The molecule has 0 aromatic carbocycles. The molecule has 4 heteroatoms. The number of nitrogens with zero attached hydrogens (tertiary/aromatic N) is 2. The fourth-order valence-electron chi connectivity index (χ4n) is 0.925. The summed E-state index contributed by atoms with van der Waals surface area (Å²) >= 11 is 9.14. The van der Waals surface area contributed by atoms with E-state index in [4.69, 9.17) is 11.6 Å². The van der Waals surface area contributed by atoms with E-state index in [1.54, 1.807) is 16.8 Å². The number of rotatable bonds is 0. The van der Waals surface area contributed by atoms with Crippen LogP contribution in [0.4, 0.5) is 0 Å². The third kappa shape index (κ3) is 1.14. The van der Waals surface area contributed by atoms with Gasteiger partial charge >= 0.3 is 0 Å². The topological polar surface area (TPSA) is 17.3 Å². The molecule has 0 spiro atoms. The van der Waals surface area contributed by atoms with Crippen molar-refractivity contribution < 1.29 is 0 Å². The van der Waals surface area contributed by atoms with Gasteiger partial charge in [-0.25, -0.2) is 4.52 Å². The molecule has 0 aliphatic carbocycles. The first kappa shape index (κ1) is 7.13. The summed E-state index contributed by atoms with van der Waals surface area (Å²) < 4.78 is 2.72. The summed E-state index contributed by atoms with van der Waals surface area (Å²) in [5.74, 6) is 0. The van der Waals surface area contributed by atoms with Crippen LogP contribution in [0.3, 0.4) is 0 Å². The van der Waals surface area contributed by atoms with Gasteiger partial charge in [-0.1, -0.05) is 11.6 Å². The average molecular weight is 231 g/mol. The van der Waals surface area contributed by atoms with E-state index >= 15 is 0 Å². The molecule has 2 aromatic heterocycles. The van der Waals surface area contributed by atoms with E-state index in [1.807, 2.05) is 12.3 Å². The van der Waals surface area contributed by atoms with Gasteiger partial charge in [0.15, 0.2) is 0 Å². The van der Waals surface area contributed by atoms with Crippen molar-refractivity contribution in [2.24, 2.45) is 0 Å². The number of halogens is 2. The Hall–Kier alpha value is -0.540. The molecule has 0 amide bonds. The summed E-state index contributed by atoms with van der Waals surface area (Å²) in [6.07, 6.45) is 3.56. The van der Waals surface area contributed by atoms with Crippen molar-refractivity contribution in [2.45, 2.75) is 0 Å². The van der Waals surface area contributed by atoms with Crippen molar-refractivity contribution in [2.75, 3.05) is 0 Å². The third-order valence-electron chi connectivity index (χ3n) is 1.44. The molecule has 0 radical (unpaired) electrons. The molecule has 0 atom stereocenters. The number of hydrogen-bond acceptors (Lipinski definition) is 1. The monoisotopic (exact) mass is 230 g/mol. The lowest BCUT2D eigenvalue weighted by Crippen LogP contribution is -1.83. The molecule has 0 aliphatic rings. The highest BCUT2D eigenvalue weighted by atomic mass is 79.9. The van der Waals surface area contributed by atoms with Gasteiger partial charge in [0, 0.05) is 11.2 Å². The Morgan fingerprint density at radius 1 is 1.55 bits per heavy atom. The number of pyridine rings is 1. The Balaban J connectivity index is 2.87. The van der Waals surface area contributed by atoms with E-state index in [0.717, 1.165) is 15.0 Å². The Morgan fingerprint density at radius 2 is 2.36 bits per heavy atom. The van der Waals surface area contributed by atoms with Gasteiger partial charge in [0.05, 0.1) is 16.2 Å². The van der Waals surface area contributed by atoms with Crippen LogP contribution >= 0.6 is 27.5 Å². The lowest BCUT2D eigenvalue weighted by Gasteiger charge is -1.92. The van der Waals surface area contributed by atoms with Gasteiger partial charge in [-0.15, -0.1) is 0 Å². The summed E-state index contributed by atoms with van der Waals surface area (Å²) in [7, 11) is 0. The molecule has 2 nitrogen and oxygen atoms in total. The van der Waals surface area contributed by atoms with Gasteiger partial charge in [0.1, 0.15) is 0 Å². The van der Waals surface area contributed by atoms with Crippen LogP contribution < -0.4 is 0 Å². The zero-order valence-corrected chi connectivity index (χ0v) is 7.80. The molecule has 56 valence electrons. The van der Waals surface area contributed by atoms with E-state index in [1.165, 1.54) is 0 Å². The largest absolute Gasteiger partial charge is 0.240 e. The maximum Gasteiger partial charge on any atom is 0.0818 e. The maximum atomic E-state index is 5.79. The molecule has 0 bridgehead atoms. The first-order chi connectivity index (χ1) is 5.27. The van der Waals surface area contributed by atoms with Crippen molar-refractivity contribution in [3.63, 3.8) is 0 Å². The molecule has 0 N–H and O–H groups in total. The van der Waals surface area contributed by atoms with Gasteiger partial charge in [-0.2, -0.15) is 5.10 Å². The minimum atomic E-state index is 0.721. The molecule has 0 aliphatic heterocycles. The van der Waals surface area contributed by atoms with E-state index in [-0.39, 0.29) is 0 Å². The molecule has 11 heavy (non-hydrogen) atoms. The predicted molar refractivity (Wildman–Crippen MR) is 47.9 cm³/mol. The van der Waals surface area contributed by atoms with Crippen LogP contribution in [0.15, 0.2) is 29.0 Å². The molecular weight excluding hydrogens is 227 g/mol. The first-order valence-corrected chi connectivity index (χ1v) is 4.23. The second-order valence-corrected chi connectivity index (χ2v) is 3.46. The lowest BCUT2D eigenvalue weighted by atomic mass is 10.4. The highest BCUT2D eigenvalue weighted by Gasteiger charge is 1.99. The van der Waals surface area contributed by atoms with Gasteiger partial charge in [-0.05, 0) is 28.1 Å². The minimum absolute atomic E-state index is 0.721. The zero-order chi connectivity index (χ0) is 7.84. The highest BCUT2D eigenvalue weighted by Crippen LogP contribution is 2.19. The normalized spacial score (nSPS) is 10.7. The smallest absolute Gasteiger partial charge is 0.0818 e. The fourth-order valence-corrected chi connectivity index (χ4v) is 1.47. The Kier molecular flexibility index (Phi) is 1.62. The summed E-state index contributed by atoms with van der Waals surface area (Å²) in [6.45, 7) is 0. The molecule has 0 saturated carbocycles. The molecule has 0 unspecified atom stereocenters. The van der Waals surface area contributed by atoms with Crippen molar-refractivity contribution >= 4 is 33.0 Å². The second kappa shape index (κ2) is 2.50. The van der Waals surface area contributed by atoms with Crippen LogP contribution in [0.1, 0.15) is 0 Å². The zero-order valence-electron chi connectivity index (χ0n) is 5.46. The van der Waals surface area contributed by atoms with Crippen molar-refractivity contribution in [1.82, 2.24) is 9.61 Å². The summed E-state index contributed by atoms with van der Waals surface area (Å²) in [5, 5.41) is 4.79. The predicted octanol–water partition coefficient (Wildman–Crippen LogP) is 2.75. The van der Waals surface area contributed by atoms with Crippen molar-refractivity contribution in [1.29, 1.82) is 0 Å². The van der Waals surface area contributed by atoms with Gasteiger partial charge < -0.3 is 0 Å². The first-order valence-electron chi connectivity index (χ1n) is 3.06. The standard InChI is InChI=1S/C7H4BrClN2/c8-6-4-10-11-2-1-5(9)3-7(6)11/h1-4H. The van der Waals surface area contributed by atoms with Gasteiger partial charge in [0.2, 0.25) is 0 Å². The van der Waals surface area contributed by atoms with Crippen LogP contribution in [0.5, 0.6) is 0 Å².